The fraction of sp³-hybridized carbons (Fsp3) is 0.412. The van der Waals surface area contributed by atoms with Crippen LogP contribution in [-0.2, 0) is 19.1 Å². The molecule has 1 aromatic rings. The number of carbonyl (C=O) groups is 2. The zero-order valence-corrected chi connectivity index (χ0v) is 13.9. The summed E-state index contributed by atoms with van der Waals surface area (Å²) in [5.74, 6) is -2.58. The van der Waals surface area contributed by atoms with Gasteiger partial charge in [-0.05, 0) is 23.8 Å². The van der Waals surface area contributed by atoms with E-state index in [1.54, 1.807) is 0 Å². The summed E-state index contributed by atoms with van der Waals surface area (Å²) >= 11 is 0. The molecule has 5 N–H and O–H groups in total. The predicted octanol–water partition coefficient (Wildman–Crippen LogP) is -0.558. The van der Waals surface area contributed by atoms with Crippen LogP contribution in [0.2, 0.25) is 0 Å². The number of phenols is 2. The molecule has 0 radical (unpaired) electrons. The van der Waals surface area contributed by atoms with Crippen molar-refractivity contribution in [2.24, 2.45) is 0 Å². The largest absolute Gasteiger partial charge is 0.504 e. The minimum absolute atomic E-state index is 0.314. The maximum atomic E-state index is 11.9. The summed E-state index contributed by atoms with van der Waals surface area (Å²) in [4.78, 5) is 23.6. The summed E-state index contributed by atoms with van der Waals surface area (Å²) in [6.45, 7) is 0. The highest BCUT2D eigenvalue weighted by atomic mass is 16.6. The molecule has 0 aromatic heterocycles. The molecule has 0 heterocycles. The van der Waals surface area contributed by atoms with Crippen LogP contribution >= 0.6 is 0 Å². The number of aromatic hydroxyl groups is 2. The number of carbonyl (C=O) groups excluding carboxylic acids is 2. The van der Waals surface area contributed by atoms with Gasteiger partial charge in [0.1, 0.15) is 12.2 Å². The normalized spacial score (nSPS) is 28.7. The van der Waals surface area contributed by atoms with Crippen molar-refractivity contribution in [2.75, 3.05) is 7.11 Å². The van der Waals surface area contributed by atoms with Gasteiger partial charge in [0, 0.05) is 18.9 Å². The Labute approximate surface area is 148 Å². The molecule has 1 unspecified atom stereocenters. The van der Waals surface area contributed by atoms with Crippen LogP contribution in [0.4, 0.5) is 0 Å². The molecular weight excluding hydrogens is 348 g/mol. The Morgan fingerprint density at radius 3 is 2.50 bits per heavy atom. The van der Waals surface area contributed by atoms with Gasteiger partial charge in [0.2, 0.25) is 0 Å². The molecular formula is C17H20O9. The summed E-state index contributed by atoms with van der Waals surface area (Å²) in [5.41, 5.74) is -1.68. The summed E-state index contributed by atoms with van der Waals surface area (Å²) in [5, 5.41) is 48.7. The zero-order valence-electron chi connectivity index (χ0n) is 13.9. The van der Waals surface area contributed by atoms with Crippen LogP contribution in [0, 0.1) is 0 Å². The summed E-state index contributed by atoms with van der Waals surface area (Å²) < 4.78 is 9.50. The van der Waals surface area contributed by atoms with Crippen molar-refractivity contribution in [2.45, 2.75) is 36.8 Å². The SMILES string of the molecule is COC(=O)C1(O)C[C@@H](O)[C@@H](O)[C@H](OC(=O)/C=C/c2ccc(O)c(O)c2)C1. The molecule has 1 aliphatic rings. The van der Waals surface area contributed by atoms with Gasteiger partial charge in [-0.15, -0.1) is 0 Å². The number of phenolic OH excluding ortho intramolecular Hbond substituents is 2. The molecule has 1 fully saturated rings. The first-order valence-electron chi connectivity index (χ1n) is 7.74. The number of benzene rings is 1. The van der Waals surface area contributed by atoms with Gasteiger partial charge in [0.05, 0.1) is 13.2 Å². The van der Waals surface area contributed by atoms with Gasteiger partial charge in [-0.2, -0.15) is 0 Å². The molecule has 0 aliphatic heterocycles. The lowest BCUT2D eigenvalue weighted by Crippen LogP contribution is -2.57. The number of aliphatic hydroxyl groups is 3. The Morgan fingerprint density at radius 1 is 1.19 bits per heavy atom. The number of aliphatic hydroxyl groups excluding tert-OH is 2. The fourth-order valence-corrected chi connectivity index (χ4v) is 2.72. The van der Waals surface area contributed by atoms with E-state index in [1.165, 1.54) is 24.3 Å². The average Bonchev–Trinajstić information content (AvgIpc) is 2.59. The predicted molar refractivity (Wildman–Crippen MR) is 86.9 cm³/mol. The van der Waals surface area contributed by atoms with Crippen LogP contribution in [0.1, 0.15) is 18.4 Å². The minimum Gasteiger partial charge on any atom is -0.504 e. The van der Waals surface area contributed by atoms with Crippen molar-refractivity contribution >= 4 is 18.0 Å². The van der Waals surface area contributed by atoms with Crippen molar-refractivity contribution in [1.29, 1.82) is 0 Å². The van der Waals surface area contributed by atoms with Gasteiger partial charge in [0.25, 0.3) is 0 Å². The van der Waals surface area contributed by atoms with Gasteiger partial charge in [-0.3, -0.25) is 0 Å². The van der Waals surface area contributed by atoms with E-state index in [0.717, 1.165) is 13.2 Å². The molecule has 0 spiro atoms. The van der Waals surface area contributed by atoms with E-state index in [4.69, 9.17) is 4.74 Å². The van der Waals surface area contributed by atoms with Crippen LogP contribution in [0.15, 0.2) is 24.3 Å². The number of ether oxygens (including phenoxy) is 2. The van der Waals surface area contributed by atoms with Crippen LogP contribution in [-0.4, -0.2) is 68.5 Å². The van der Waals surface area contributed by atoms with Crippen molar-refractivity contribution in [3.63, 3.8) is 0 Å². The third kappa shape index (κ3) is 4.31. The maximum absolute atomic E-state index is 11.9. The second-order valence-corrected chi connectivity index (χ2v) is 6.05. The molecule has 26 heavy (non-hydrogen) atoms. The minimum atomic E-state index is -2.08. The third-order valence-electron chi connectivity index (χ3n) is 4.11. The van der Waals surface area contributed by atoms with E-state index in [2.05, 4.69) is 4.74 Å². The van der Waals surface area contributed by atoms with Crippen LogP contribution in [0.3, 0.4) is 0 Å². The molecule has 9 nitrogen and oxygen atoms in total. The van der Waals surface area contributed by atoms with E-state index in [0.29, 0.717) is 5.56 Å². The third-order valence-corrected chi connectivity index (χ3v) is 4.11. The van der Waals surface area contributed by atoms with Crippen molar-refractivity contribution in [3.8, 4) is 11.5 Å². The highest BCUT2D eigenvalue weighted by molar-refractivity contribution is 5.87. The van der Waals surface area contributed by atoms with E-state index in [-0.39, 0.29) is 11.5 Å². The first kappa shape index (κ1) is 19.7. The zero-order chi connectivity index (χ0) is 19.5. The molecule has 142 valence electrons. The van der Waals surface area contributed by atoms with Crippen LogP contribution in [0.5, 0.6) is 11.5 Å². The molecule has 0 saturated heterocycles. The topological polar surface area (TPSA) is 154 Å². The Balaban J connectivity index is 2.07. The quantitative estimate of drug-likeness (QED) is 0.267. The number of hydrogen-bond acceptors (Lipinski definition) is 9. The van der Waals surface area contributed by atoms with Gasteiger partial charge < -0.3 is 35.0 Å². The smallest absolute Gasteiger partial charge is 0.338 e. The van der Waals surface area contributed by atoms with Crippen molar-refractivity contribution in [3.05, 3.63) is 29.8 Å². The molecule has 0 bridgehead atoms. The summed E-state index contributed by atoms with van der Waals surface area (Å²) in [7, 11) is 1.06. The Bertz CT molecular complexity index is 714. The first-order chi connectivity index (χ1) is 12.2. The Morgan fingerprint density at radius 2 is 1.88 bits per heavy atom. The molecule has 4 atom stereocenters. The van der Waals surface area contributed by atoms with Crippen LogP contribution in [0.25, 0.3) is 6.08 Å². The molecule has 1 aromatic carbocycles. The van der Waals surface area contributed by atoms with E-state index in [1.807, 2.05) is 0 Å². The monoisotopic (exact) mass is 368 g/mol. The number of esters is 2. The fourth-order valence-electron chi connectivity index (χ4n) is 2.72. The van der Waals surface area contributed by atoms with E-state index in [9.17, 15) is 35.1 Å². The van der Waals surface area contributed by atoms with E-state index < -0.39 is 48.7 Å². The second-order valence-electron chi connectivity index (χ2n) is 6.05. The second kappa shape index (κ2) is 7.73. The van der Waals surface area contributed by atoms with Crippen LogP contribution < -0.4 is 0 Å². The first-order valence-corrected chi connectivity index (χ1v) is 7.74. The number of methoxy groups -OCH3 is 1. The molecule has 0 amide bonds. The van der Waals surface area contributed by atoms with Gasteiger partial charge >= 0.3 is 11.9 Å². The molecule has 1 saturated carbocycles. The lowest BCUT2D eigenvalue weighted by molar-refractivity contribution is -0.198. The number of rotatable bonds is 4. The lowest BCUT2D eigenvalue weighted by atomic mass is 9.79. The molecule has 2 rings (SSSR count). The Hall–Kier alpha value is -2.62. The lowest BCUT2D eigenvalue weighted by Gasteiger charge is -2.39. The molecule has 9 heteroatoms. The van der Waals surface area contributed by atoms with E-state index >= 15 is 0 Å². The highest BCUT2D eigenvalue weighted by Crippen LogP contribution is 2.32. The summed E-state index contributed by atoms with van der Waals surface area (Å²) in [6.07, 6.45) is -2.88. The molecule has 1 aliphatic carbocycles. The van der Waals surface area contributed by atoms with Gasteiger partial charge in [-0.25, -0.2) is 9.59 Å². The summed E-state index contributed by atoms with van der Waals surface area (Å²) in [6, 6.07) is 3.89. The van der Waals surface area contributed by atoms with Gasteiger partial charge in [-0.1, -0.05) is 6.07 Å². The maximum Gasteiger partial charge on any atom is 0.338 e. The highest BCUT2D eigenvalue weighted by Gasteiger charge is 2.50. The number of hydrogen-bond donors (Lipinski definition) is 5. The Kier molecular flexibility index (Phi) is 5.86. The standard InChI is InChI=1S/C17H20O9/c1-25-16(23)17(24)7-12(20)15(22)13(8-17)26-14(21)5-3-9-2-4-10(18)11(19)6-9/h2-6,12-13,15,18-20,22,24H,7-8H2,1H3/b5-3+/t12-,13-,15-,17?/m1/s1. The van der Waals surface area contributed by atoms with Crippen molar-refractivity contribution in [1.82, 2.24) is 0 Å². The van der Waals surface area contributed by atoms with Crippen molar-refractivity contribution < 1.29 is 44.6 Å². The average molecular weight is 368 g/mol. The van der Waals surface area contributed by atoms with Gasteiger partial charge in [0.15, 0.2) is 17.1 Å².